The molecule has 2 aromatic heterocycles. The number of carbonyl (C=O) groups excluding carboxylic acids is 1. The average molecular weight is 323 g/mol. The minimum absolute atomic E-state index is 0.0185. The minimum atomic E-state index is -0.264. The molecule has 0 unspecified atom stereocenters. The fourth-order valence-electron chi connectivity index (χ4n) is 1.86. The SMILES string of the molecule is Cc1nc(C)c(CC(=O)NCCSc2nnnn2C)c(=O)[nH]1. The standard InChI is InChI=1S/C12H17N7O2S/c1-7-9(11(21)15-8(2)14-7)6-10(20)13-4-5-22-12-16-17-18-19(12)3/h4-6H2,1-3H3,(H,13,20)(H,14,15,21). The Hall–Kier alpha value is -2.23. The maximum atomic E-state index is 11.9. The summed E-state index contributed by atoms with van der Waals surface area (Å²) in [7, 11) is 1.75. The van der Waals surface area contributed by atoms with Crippen LogP contribution >= 0.6 is 11.8 Å². The van der Waals surface area contributed by atoms with Crippen LogP contribution in [-0.4, -0.2) is 48.4 Å². The Bertz CT molecular complexity index is 725. The summed E-state index contributed by atoms with van der Waals surface area (Å²) >= 11 is 1.44. The number of aryl methyl sites for hydroxylation is 3. The van der Waals surface area contributed by atoms with Crippen LogP contribution in [0, 0.1) is 13.8 Å². The van der Waals surface area contributed by atoms with E-state index in [1.165, 1.54) is 11.8 Å². The number of amides is 1. The van der Waals surface area contributed by atoms with Crippen LogP contribution in [0.4, 0.5) is 0 Å². The second-order valence-electron chi connectivity index (χ2n) is 4.68. The number of H-pyrrole nitrogens is 1. The Labute approximate surface area is 130 Å². The maximum Gasteiger partial charge on any atom is 0.254 e. The molecule has 0 saturated carbocycles. The second kappa shape index (κ2) is 7.16. The van der Waals surface area contributed by atoms with Gasteiger partial charge < -0.3 is 10.3 Å². The lowest BCUT2D eigenvalue weighted by Crippen LogP contribution is -2.30. The molecule has 2 N–H and O–H groups in total. The van der Waals surface area contributed by atoms with Gasteiger partial charge in [-0.15, -0.1) is 5.10 Å². The lowest BCUT2D eigenvalue weighted by Gasteiger charge is -2.06. The van der Waals surface area contributed by atoms with Gasteiger partial charge in [-0.25, -0.2) is 9.67 Å². The highest BCUT2D eigenvalue weighted by molar-refractivity contribution is 7.99. The molecule has 0 bridgehead atoms. The van der Waals surface area contributed by atoms with Crippen molar-refractivity contribution in [2.45, 2.75) is 25.4 Å². The normalized spacial score (nSPS) is 10.7. The van der Waals surface area contributed by atoms with Crippen molar-refractivity contribution in [3.8, 4) is 0 Å². The van der Waals surface area contributed by atoms with Crippen LogP contribution in [-0.2, 0) is 18.3 Å². The van der Waals surface area contributed by atoms with Gasteiger partial charge in [-0.05, 0) is 24.3 Å². The van der Waals surface area contributed by atoms with Crippen molar-refractivity contribution >= 4 is 17.7 Å². The Morgan fingerprint density at radius 3 is 2.82 bits per heavy atom. The third kappa shape index (κ3) is 4.13. The summed E-state index contributed by atoms with van der Waals surface area (Å²) in [6.07, 6.45) is 0.0185. The molecule has 10 heteroatoms. The van der Waals surface area contributed by atoms with Crippen LogP contribution in [0.5, 0.6) is 0 Å². The van der Waals surface area contributed by atoms with Crippen molar-refractivity contribution in [3.63, 3.8) is 0 Å². The Morgan fingerprint density at radius 1 is 1.41 bits per heavy atom. The van der Waals surface area contributed by atoms with Gasteiger partial charge in [0, 0.05) is 30.6 Å². The topological polar surface area (TPSA) is 118 Å². The van der Waals surface area contributed by atoms with Gasteiger partial charge in [-0.2, -0.15) is 0 Å². The summed E-state index contributed by atoms with van der Waals surface area (Å²) in [5.74, 6) is 0.970. The number of rotatable bonds is 6. The highest BCUT2D eigenvalue weighted by Gasteiger charge is 2.11. The number of tetrazole rings is 1. The smallest absolute Gasteiger partial charge is 0.254 e. The van der Waals surface area contributed by atoms with E-state index in [0.717, 1.165) is 0 Å². The third-order valence-electron chi connectivity index (χ3n) is 2.91. The first-order chi connectivity index (χ1) is 10.5. The van der Waals surface area contributed by atoms with Gasteiger partial charge in [0.25, 0.3) is 5.56 Å². The number of aromatic nitrogens is 6. The first kappa shape index (κ1) is 16.1. The molecule has 118 valence electrons. The summed E-state index contributed by atoms with van der Waals surface area (Å²) < 4.78 is 1.56. The van der Waals surface area contributed by atoms with Gasteiger partial charge in [0.2, 0.25) is 11.1 Å². The van der Waals surface area contributed by atoms with Crippen LogP contribution < -0.4 is 10.9 Å². The van der Waals surface area contributed by atoms with Crippen molar-refractivity contribution in [2.75, 3.05) is 12.3 Å². The zero-order valence-corrected chi connectivity index (χ0v) is 13.4. The van der Waals surface area contributed by atoms with Crippen LogP contribution in [0.2, 0.25) is 0 Å². The van der Waals surface area contributed by atoms with Gasteiger partial charge in [-0.3, -0.25) is 9.59 Å². The van der Waals surface area contributed by atoms with Crippen molar-refractivity contribution < 1.29 is 4.79 Å². The molecule has 2 aromatic rings. The zero-order valence-electron chi connectivity index (χ0n) is 12.6. The maximum absolute atomic E-state index is 11.9. The van der Waals surface area contributed by atoms with Crippen LogP contribution in [0.1, 0.15) is 17.1 Å². The average Bonchev–Trinajstić information content (AvgIpc) is 2.84. The molecular formula is C12H17N7O2S. The molecule has 22 heavy (non-hydrogen) atoms. The first-order valence-electron chi connectivity index (χ1n) is 6.65. The predicted molar refractivity (Wildman–Crippen MR) is 80.6 cm³/mol. The molecule has 0 saturated heterocycles. The van der Waals surface area contributed by atoms with Crippen molar-refractivity contribution in [1.82, 2.24) is 35.5 Å². The predicted octanol–water partition coefficient (Wildman–Crippen LogP) is -0.639. The van der Waals surface area contributed by atoms with E-state index in [1.54, 1.807) is 25.6 Å². The highest BCUT2D eigenvalue weighted by Crippen LogP contribution is 2.10. The molecule has 0 aromatic carbocycles. The molecule has 0 spiro atoms. The number of aromatic amines is 1. The van der Waals surface area contributed by atoms with Crippen molar-refractivity contribution in [1.29, 1.82) is 0 Å². The van der Waals surface area contributed by atoms with E-state index in [4.69, 9.17) is 0 Å². The molecule has 0 aliphatic carbocycles. The Morgan fingerprint density at radius 2 is 2.18 bits per heavy atom. The van der Waals surface area contributed by atoms with Crippen LogP contribution in [0.25, 0.3) is 0 Å². The summed E-state index contributed by atoms with van der Waals surface area (Å²) in [5, 5.41) is 14.5. The van der Waals surface area contributed by atoms with E-state index in [2.05, 4.69) is 30.8 Å². The number of thioether (sulfide) groups is 1. The van der Waals surface area contributed by atoms with E-state index in [9.17, 15) is 9.59 Å². The molecule has 0 aliphatic heterocycles. The number of carbonyl (C=O) groups is 1. The number of hydrogen-bond donors (Lipinski definition) is 2. The third-order valence-corrected chi connectivity index (χ3v) is 3.93. The molecule has 2 rings (SSSR count). The van der Waals surface area contributed by atoms with E-state index >= 15 is 0 Å². The Kier molecular flexibility index (Phi) is 5.26. The number of nitrogens with zero attached hydrogens (tertiary/aromatic N) is 5. The van der Waals surface area contributed by atoms with E-state index < -0.39 is 0 Å². The largest absolute Gasteiger partial charge is 0.355 e. The second-order valence-corrected chi connectivity index (χ2v) is 5.74. The summed E-state index contributed by atoms with van der Waals surface area (Å²) in [6.45, 7) is 3.89. The van der Waals surface area contributed by atoms with Crippen LogP contribution in [0.3, 0.4) is 0 Å². The van der Waals surface area contributed by atoms with Gasteiger partial charge >= 0.3 is 0 Å². The summed E-state index contributed by atoms with van der Waals surface area (Å²) in [5.41, 5.74) is 0.712. The molecule has 0 fully saturated rings. The van der Waals surface area contributed by atoms with Crippen LogP contribution in [0.15, 0.2) is 9.95 Å². The molecule has 0 atom stereocenters. The van der Waals surface area contributed by atoms with Crippen molar-refractivity contribution in [3.05, 3.63) is 27.4 Å². The Balaban J connectivity index is 1.81. The first-order valence-corrected chi connectivity index (χ1v) is 7.64. The van der Waals surface area contributed by atoms with E-state index in [0.29, 0.717) is 34.5 Å². The highest BCUT2D eigenvalue weighted by atomic mass is 32.2. The van der Waals surface area contributed by atoms with Crippen molar-refractivity contribution in [2.24, 2.45) is 7.05 Å². The molecule has 0 radical (unpaired) electrons. The van der Waals surface area contributed by atoms with Gasteiger partial charge in [0.05, 0.1) is 6.42 Å². The number of nitrogens with one attached hydrogen (secondary N) is 2. The fourth-order valence-corrected chi connectivity index (χ4v) is 2.56. The minimum Gasteiger partial charge on any atom is -0.355 e. The van der Waals surface area contributed by atoms with E-state index in [1.807, 2.05) is 0 Å². The molecule has 2 heterocycles. The lowest BCUT2D eigenvalue weighted by molar-refractivity contribution is -0.120. The van der Waals surface area contributed by atoms with Gasteiger partial charge in [0.15, 0.2) is 0 Å². The van der Waals surface area contributed by atoms with E-state index in [-0.39, 0.29) is 17.9 Å². The molecular weight excluding hydrogens is 306 g/mol. The van der Waals surface area contributed by atoms with Gasteiger partial charge in [-0.1, -0.05) is 11.8 Å². The zero-order chi connectivity index (χ0) is 16.1. The quantitative estimate of drug-likeness (QED) is 0.536. The fraction of sp³-hybridized carbons (Fsp3) is 0.500. The molecule has 9 nitrogen and oxygen atoms in total. The summed E-state index contributed by atoms with van der Waals surface area (Å²) in [6, 6.07) is 0. The molecule has 1 amide bonds. The summed E-state index contributed by atoms with van der Waals surface area (Å²) in [4.78, 5) is 30.5. The number of hydrogen-bond acceptors (Lipinski definition) is 7. The lowest BCUT2D eigenvalue weighted by atomic mass is 10.1. The van der Waals surface area contributed by atoms with Gasteiger partial charge in [0.1, 0.15) is 5.82 Å². The monoisotopic (exact) mass is 323 g/mol. The molecule has 0 aliphatic rings.